The molecule has 0 fully saturated rings. The fourth-order valence-corrected chi connectivity index (χ4v) is 10.1. The van der Waals surface area contributed by atoms with Crippen molar-refractivity contribution in [3.63, 3.8) is 0 Å². The van der Waals surface area contributed by atoms with E-state index in [0.717, 1.165) is 110 Å². The van der Waals surface area contributed by atoms with Crippen LogP contribution in [0.2, 0.25) is 0 Å². The van der Waals surface area contributed by atoms with Gasteiger partial charge in [0.1, 0.15) is 34.2 Å². The third-order valence-corrected chi connectivity index (χ3v) is 13.2. The zero-order chi connectivity index (χ0) is 42.6. The Bertz CT molecular complexity index is 4020. The van der Waals surface area contributed by atoms with E-state index in [4.69, 9.17) is 28.5 Å². The Morgan fingerprint density at radius 3 is 1.95 bits per heavy atom. The molecule has 0 radical (unpaired) electrons. The normalized spacial score (nSPS) is 15.4. The lowest BCUT2D eigenvalue weighted by molar-refractivity contribution is 0.269. The van der Waals surface area contributed by atoms with Crippen LogP contribution in [0.1, 0.15) is 11.5 Å². The molecule has 6 nitrogen and oxygen atoms in total. The van der Waals surface area contributed by atoms with Gasteiger partial charge in [-0.25, -0.2) is 15.0 Å². The van der Waals surface area contributed by atoms with E-state index in [1.807, 2.05) is 24.3 Å². The summed E-state index contributed by atoms with van der Waals surface area (Å²) < 4.78 is 19.6. The maximum atomic E-state index is 6.85. The maximum absolute atomic E-state index is 6.85. The van der Waals surface area contributed by atoms with Crippen molar-refractivity contribution in [1.82, 2.24) is 15.0 Å². The van der Waals surface area contributed by atoms with Crippen LogP contribution in [-0.4, -0.2) is 21.1 Å². The van der Waals surface area contributed by atoms with Crippen LogP contribution in [0.3, 0.4) is 0 Å². The van der Waals surface area contributed by atoms with Gasteiger partial charge in [0.15, 0.2) is 17.5 Å². The van der Waals surface area contributed by atoms with Gasteiger partial charge in [0.25, 0.3) is 0 Å². The Morgan fingerprint density at radius 2 is 1.05 bits per heavy atom. The minimum Gasteiger partial charge on any atom is -0.485 e. The second kappa shape index (κ2) is 13.9. The Hall–Kier alpha value is -8.61. The average Bonchev–Trinajstić information content (AvgIpc) is 4.06. The number of hydrogen-bond donors (Lipinski definition) is 0. The van der Waals surface area contributed by atoms with Gasteiger partial charge in [-0.1, -0.05) is 146 Å². The monoisotopic (exact) mass is 833 g/mol. The average molecular weight is 834 g/mol. The third kappa shape index (κ3) is 5.70. The fourth-order valence-electron chi connectivity index (χ4n) is 10.1. The van der Waals surface area contributed by atoms with E-state index in [-0.39, 0.29) is 12.0 Å². The first kappa shape index (κ1) is 35.9. The molecule has 12 aromatic rings. The van der Waals surface area contributed by atoms with Crippen molar-refractivity contribution in [3.8, 4) is 62.2 Å². The van der Waals surface area contributed by atoms with Crippen LogP contribution in [-0.2, 0) is 0 Å². The number of furan rings is 2. The highest BCUT2D eigenvalue weighted by Gasteiger charge is 2.32. The van der Waals surface area contributed by atoms with Crippen molar-refractivity contribution in [2.24, 2.45) is 0 Å². The Labute approximate surface area is 372 Å². The second-order valence-corrected chi connectivity index (χ2v) is 17.0. The molecule has 0 amide bonds. The Balaban J connectivity index is 0.951. The maximum Gasteiger partial charge on any atom is 0.164 e. The summed E-state index contributed by atoms with van der Waals surface area (Å²) >= 11 is 0. The molecule has 0 spiro atoms. The number of rotatable bonds is 5. The van der Waals surface area contributed by atoms with Gasteiger partial charge in [-0.05, 0) is 92.8 Å². The van der Waals surface area contributed by atoms with Crippen LogP contribution in [0.4, 0.5) is 0 Å². The molecule has 0 N–H and O–H groups in total. The summed E-state index contributed by atoms with van der Waals surface area (Å²) in [4.78, 5) is 15.7. The molecule has 4 heterocycles. The van der Waals surface area contributed by atoms with E-state index in [9.17, 15) is 0 Å². The summed E-state index contributed by atoms with van der Waals surface area (Å²) in [6.07, 6.45) is 8.56. The van der Waals surface area contributed by atoms with Crippen LogP contribution in [0, 0.1) is 0 Å². The van der Waals surface area contributed by atoms with Crippen molar-refractivity contribution in [2.75, 3.05) is 0 Å². The molecule has 0 saturated heterocycles. The molecule has 9 aromatic carbocycles. The fraction of sp³-hybridized carbons (Fsp3) is 0.0339. The highest BCUT2D eigenvalue weighted by molar-refractivity contribution is 6.18. The minimum atomic E-state index is 0.0295. The molecule has 304 valence electrons. The van der Waals surface area contributed by atoms with E-state index < -0.39 is 0 Å². The molecule has 1 aliphatic heterocycles. The summed E-state index contributed by atoms with van der Waals surface area (Å²) in [5, 5.41) is 8.69. The van der Waals surface area contributed by atoms with Crippen LogP contribution >= 0.6 is 0 Å². The SMILES string of the molecule is C1=CC2Oc3cc(-c4cccc5c4oc4cccc(-c6cc(-c7nc(-c8ccc9ccccc9c8)nc(-c8ccc9c(c8)oc8ccccc89)n7)cc7ccccc67)c45)ccc3C2C=C1. The molecule has 14 rings (SSSR count). The first-order valence-electron chi connectivity index (χ1n) is 22.0. The zero-order valence-corrected chi connectivity index (χ0v) is 34.8. The Kier molecular flexibility index (Phi) is 7.71. The van der Waals surface area contributed by atoms with Gasteiger partial charge < -0.3 is 13.6 Å². The molecule has 1 aliphatic carbocycles. The number of fused-ring (bicyclic) bond motifs is 11. The molecule has 2 unspecified atom stereocenters. The van der Waals surface area contributed by atoms with Gasteiger partial charge in [-0.3, -0.25) is 0 Å². The summed E-state index contributed by atoms with van der Waals surface area (Å²) in [7, 11) is 0. The third-order valence-electron chi connectivity index (χ3n) is 13.2. The van der Waals surface area contributed by atoms with E-state index >= 15 is 0 Å². The number of para-hydroxylation sites is 2. The van der Waals surface area contributed by atoms with Crippen molar-refractivity contribution in [2.45, 2.75) is 12.0 Å². The summed E-state index contributed by atoms with van der Waals surface area (Å²) in [6.45, 7) is 0. The molecule has 65 heavy (non-hydrogen) atoms. The molecule has 6 heteroatoms. The van der Waals surface area contributed by atoms with Gasteiger partial charge in [-0.2, -0.15) is 0 Å². The number of allylic oxidation sites excluding steroid dienone is 2. The molecule has 0 saturated carbocycles. The van der Waals surface area contributed by atoms with E-state index in [1.165, 1.54) is 5.56 Å². The first-order valence-corrected chi connectivity index (χ1v) is 22.0. The zero-order valence-electron chi connectivity index (χ0n) is 34.8. The molecule has 2 aliphatic rings. The van der Waals surface area contributed by atoms with Gasteiger partial charge in [-0.15, -0.1) is 0 Å². The van der Waals surface area contributed by atoms with Crippen LogP contribution in [0.15, 0.2) is 209 Å². The quantitative estimate of drug-likeness (QED) is 0.172. The van der Waals surface area contributed by atoms with Crippen LogP contribution in [0.5, 0.6) is 5.75 Å². The highest BCUT2D eigenvalue weighted by atomic mass is 16.5. The molecular formula is C59H35N3O3. The van der Waals surface area contributed by atoms with Crippen molar-refractivity contribution in [1.29, 1.82) is 0 Å². The second-order valence-electron chi connectivity index (χ2n) is 17.0. The van der Waals surface area contributed by atoms with E-state index in [0.29, 0.717) is 17.5 Å². The molecule has 2 atom stereocenters. The summed E-state index contributed by atoms with van der Waals surface area (Å²) in [6, 6.07) is 61.4. The Morgan fingerprint density at radius 1 is 0.385 bits per heavy atom. The lowest BCUT2D eigenvalue weighted by Crippen LogP contribution is -2.15. The van der Waals surface area contributed by atoms with Gasteiger partial charge in [0, 0.05) is 55.3 Å². The van der Waals surface area contributed by atoms with Crippen molar-refractivity contribution in [3.05, 3.63) is 206 Å². The van der Waals surface area contributed by atoms with Crippen molar-refractivity contribution >= 4 is 65.4 Å². The summed E-state index contributed by atoms with van der Waals surface area (Å²) in [5.41, 5.74) is 11.3. The van der Waals surface area contributed by atoms with Crippen LogP contribution < -0.4 is 4.74 Å². The van der Waals surface area contributed by atoms with Gasteiger partial charge in [0.05, 0.1) is 0 Å². The molecular weight excluding hydrogens is 799 g/mol. The predicted octanol–water partition coefficient (Wildman–Crippen LogP) is 15.3. The molecule has 3 aromatic heterocycles. The number of ether oxygens (including phenoxy) is 1. The lowest BCUT2D eigenvalue weighted by Gasteiger charge is -2.13. The highest BCUT2D eigenvalue weighted by Crippen LogP contribution is 2.47. The largest absolute Gasteiger partial charge is 0.485 e. The van der Waals surface area contributed by atoms with Gasteiger partial charge >= 0.3 is 0 Å². The topological polar surface area (TPSA) is 74.2 Å². The standard InChI is InChI=1S/C59H35N3O3/c1-2-12-35-29-38(24-23-34(35)11-1)57-60-58(39-26-28-46-44-16-6-8-21-51(44)64-54(46)33-39)62-59(61-57)40-30-36-13-3-4-14-41(36)49(31-40)47-18-10-22-52-55(47)48-19-9-17-42(56(48)65-52)37-25-27-45-43-15-5-7-20-50(43)63-53(45)32-37/h1-33,43,50H. The van der Waals surface area contributed by atoms with Crippen molar-refractivity contribution < 1.29 is 13.6 Å². The van der Waals surface area contributed by atoms with Gasteiger partial charge in [0.2, 0.25) is 0 Å². The first-order chi connectivity index (χ1) is 32.2. The number of nitrogens with zero attached hydrogens (tertiary/aromatic N) is 3. The minimum absolute atomic E-state index is 0.0295. The summed E-state index contributed by atoms with van der Waals surface area (Å²) in [5.74, 6) is 2.89. The number of hydrogen-bond acceptors (Lipinski definition) is 6. The number of benzene rings is 9. The van der Waals surface area contributed by atoms with E-state index in [2.05, 4.69) is 176 Å². The smallest absolute Gasteiger partial charge is 0.164 e. The predicted molar refractivity (Wildman–Crippen MR) is 262 cm³/mol. The van der Waals surface area contributed by atoms with E-state index in [1.54, 1.807) is 0 Å². The van der Waals surface area contributed by atoms with Crippen LogP contribution in [0.25, 0.3) is 122 Å². The number of aromatic nitrogens is 3. The lowest BCUT2D eigenvalue weighted by atomic mass is 9.90. The molecule has 0 bridgehead atoms.